The van der Waals surface area contributed by atoms with Crippen molar-refractivity contribution in [2.75, 3.05) is 13.6 Å². The topological polar surface area (TPSA) is 20.3 Å². The average Bonchev–Trinajstić information content (AvgIpc) is 2.37. The van der Waals surface area contributed by atoms with Gasteiger partial charge in [-0.15, -0.1) is 0 Å². The third kappa shape index (κ3) is 5.15. The van der Waals surface area contributed by atoms with Gasteiger partial charge in [0.15, 0.2) is 5.78 Å². The lowest BCUT2D eigenvalue weighted by molar-refractivity contribution is 0.0916. The third-order valence-electron chi connectivity index (χ3n) is 3.64. The summed E-state index contributed by atoms with van der Waals surface area (Å²) in [6.07, 6.45) is 2.14. The van der Waals surface area contributed by atoms with Crippen LogP contribution in [0.4, 0.5) is 0 Å². The Balaban J connectivity index is 2.58. The second kappa shape index (κ2) is 7.44. The summed E-state index contributed by atoms with van der Waals surface area (Å²) in [4.78, 5) is 14.4. The number of rotatable bonds is 7. The Kier molecular flexibility index (Phi) is 6.23. The van der Waals surface area contributed by atoms with E-state index in [0.717, 1.165) is 18.4 Å². The van der Waals surface area contributed by atoms with Crippen LogP contribution >= 0.6 is 0 Å². The lowest BCUT2D eigenvalue weighted by atomic mass is 10.0. The zero-order chi connectivity index (χ0) is 14.4. The third-order valence-corrected chi connectivity index (χ3v) is 3.64. The normalized spacial score (nSPS) is 13.0. The SMILES string of the molecule is CCc1ccc(C(=O)CN(C)C(C)CC(C)C)cc1. The quantitative estimate of drug-likeness (QED) is 0.696. The van der Waals surface area contributed by atoms with E-state index < -0.39 is 0 Å². The number of carbonyl (C=O) groups excluding carboxylic acids is 1. The molecule has 1 aromatic rings. The first-order chi connectivity index (χ1) is 8.93. The van der Waals surface area contributed by atoms with Gasteiger partial charge in [0.2, 0.25) is 0 Å². The van der Waals surface area contributed by atoms with Gasteiger partial charge in [-0.05, 0) is 38.3 Å². The van der Waals surface area contributed by atoms with Crippen LogP contribution in [0.2, 0.25) is 0 Å². The molecule has 1 unspecified atom stereocenters. The molecular weight excluding hydrogens is 234 g/mol. The van der Waals surface area contributed by atoms with Crippen LogP contribution in [-0.4, -0.2) is 30.3 Å². The first kappa shape index (κ1) is 15.9. The van der Waals surface area contributed by atoms with Gasteiger partial charge >= 0.3 is 0 Å². The molecule has 0 aliphatic rings. The van der Waals surface area contributed by atoms with Crippen molar-refractivity contribution in [1.82, 2.24) is 4.90 Å². The van der Waals surface area contributed by atoms with Crippen LogP contribution < -0.4 is 0 Å². The Morgan fingerprint density at radius 1 is 1.16 bits per heavy atom. The van der Waals surface area contributed by atoms with E-state index in [4.69, 9.17) is 0 Å². The van der Waals surface area contributed by atoms with E-state index in [1.54, 1.807) is 0 Å². The molecule has 1 aromatic carbocycles. The van der Waals surface area contributed by atoms with Crippen LogP contribution in [0.1, 0.15) is 50.0 Å². The Morgan fingerprint density at radius 3 is 2.21 bits per heavy atom. The molecule has 1 rings (SSSR count). The van der Waals surface area contributed by atoms with Crippen molar-refractivity contribution < 1.29 is 4.79 Å². The number of likely N-dealkylation sites (N-methyl/N-ethyl adjacent to an activating group) is 1. The van der Waals surface area contributed by atoms with Gasteiger partial charge in [-0.25, -0.2) is 0 Å². The largest absolute Gasteiger partial charge is 0.296 e. The lowest BCUT2D eigenvalue weighted by Crippen LogP contribution is -2.34. The van der Waals surface area contributed by atoms with Crippen molar-refractivity contribution in [3.63, 3.8) is 0 Å². The van der Waals surface area contributed by atoms with Crippen molar-refractivity contribution in [2.45, 2.75) is 46.6 Å². The summed E-state index contributed by atoms with van der Waals surface area (Å²) in [6, 6.07) is 8.43. The second-order valence-corrected chi connectivity index (χ2v) is 5.87. The summed E-state index contributed by atoms with van der Waals surface area (Å²) in [5.74, 6) is 0.872. The fourth-order valence-corrected chi connectivity index (χ4v) is 2.26. The van der Waals surface area contributed by atoms with Crippen LogP contribution in [0.25, 0.3) is 0 Å². The Hall–Kier alpha value is -1.15. The van der Waals surface area contributed by atoms with E-state index >= 15 is 0 Å². The Bertz CT molecular complexity index is 394. The summed E-state index contributed by atoms with van der Waals surface area (Å²) in [5.41, 5.74) is 2.10. The minimum absolute atomic E-state index is 0.209. The first-order valence-electron chi connectivity index (χ1n) is 7.26. The molecule has 0 aromatic heterocycles. The van der Waals surface area contributed by atoms with E-state index in [2.05, 4.69) is 32.6 Å². The molecule has 0 saturated heterocycles. The van der Waals surface area contributed by atoms with Crippen molar-refractivity contribution >= 4 is 5.78 Å². The highest BCUT2D eigenvalue weighted by Gasteiger charge is 2.15. The molecule has 0 N–H and O–H groups in total. The maximum atomic E-state index is 12.2. The number of hydrogen-bond acceptors (Lipinski definition) is 2. The molecule has 2 heteroatoms. The molecule has 0 radical (unpaired) electrons. The van der Waals surface area contributed by atoms with E-state index in [9.17, 15) is 4.79 Å². The molecule has 0 bridgehead atoms. The van der Waals surface area contributed by atoms with Crippen molar-refractivity contribution in [1.29, 1.82) is 0 Å². The van der Waals surface area contributed by atoms with E-state index in [1.165, 1.54) is 5.56 Å². The van der Waals surface area contributed by atoms with Crippen molar-refractivity contribution in [2.24, 2.45) is 5.92 Å². The van der Waals surface area contributed by atoms with Gasteiger partial charge in [0.25, 0.3) is 0 Å². The fourth-order valence-electron chi connectivity index (χ4n) is 2.26. The molecule has 0 heterocycles. The van der Waals surface area contributed by atoms with Gasteiger partial charge in [-0.3, -0.25) is 9.69 Å². The first-order valence-corrected chi connectivity index (χ1v) is 7.26. The van der Waals surface area contributed by atoms with Gasteiger partial charge in [0.05, 0.1) is 6.54 Å². The van der Waals surface area contributed by atoms with Crippen LogP contribution in [0.3, 0.4) is 0 Å². The summed E-state index contributed by atoms with van der Waals surface area (Å²) in [6.45, 7) is 9.25. The van der Waals surface area contributed by atoms with Crippen LogP contribution in [0.15, 0.2) is 24.3 Å². The van der Waals surface area contributed by atoms with Crippen LogP contribution in [0.5, 0.6) is 0 Å². The Morgan fingerprint density at radius 2 is 1.74 bits per heavy atom. The number of ketones is 1. The van der Waals surface area contributed by atoms with Crippen LogP contribution in [-0.2, 0) is 6.42 Å². The number of carbonyl (C=O) groups is 1. The number of aryl methyl sites for hydroxylation is 1. The van der Waals surface area contributed by atoms with Crippen molar-refractivity contribution in [3.05, 3.63) is 35.4 Å². The standard InChI is InChI=1S/C17H27NO/c1-6-15-7-9-16(10-8-15)17(19)12-18(5)14(4)11-13(2)3/h7-10,13-14H,6,11-12H2,1-5H3. The highest BCUT2D eigenvalue weighted by Crippen LogP contribution is 2.11. The van der Waals surface area contributed by atoms with E-state index in [1.807, 2.05) is 31.3 Å². The highest BCUT2D eigenvalue weighted by atomic mass is 16.1. The maximum Gasteiger partial charge on any atom is 0.176 e. The van der Waals surface area contributed by atoms with E-state index in [-0.39, 0.29) is 5.78 Å². The van der Waals surface area contributed by atoms with E-state index in [0.29, 0.717) is 18.5 Å². The minimum Gasteiger partial charge on any atom is -0.296 e. The molecule has 0 aliphatic heterocycles. The zero-order valence-corrected chi connectivity index (χ0v) is 12.9. The summed E-state index contributed by atoms with van der Waals surface area (Å²) in [5, 5.41) is 0. The summed E-state index contributed by atoms with van der Waals surface area (Å²) in [7, 11) is 2.03. The summed E-state index contributed by atoms with van der Waals surface area (Å²) >= 11 is 0. The van der Waals surface area contributed by atoms with Gasteiger partial charge in [-0.1, -0.05) is 45.0 Å². The summed E-state index contributed by atoms with van der Waals surface area (Å²) < 4.78 is 0. The molecule has 2 nitrogen and oxygen atoms in total. The number of Topliss-reactive ketones (excluding diaryl/α,β-unsaturated/α-hetero) is 1. The second-order valence-electron chi connectivity index (χ2n) is 5.87. The molecule has 1 atom stereocenters. The van der Waals surface area contributed by atoms with Crippen molar-refractivity contribution in [3.8, 4) is 0 Å². The molecule has 0 spiro atoms. The molecule has 0 aliphatic carbocycles. The molecule has 0 amide bonds. The molecule has 106 valence electrons. The van der Waals surface area contributed by atoms with Gasteiger partial charge < -0.3 is 0 Å². The maximum absolute atomic E-state index is 12.2. The average molecular weight is 261 g/mol. The van der Waals surface area contributed by atoms with Gasteiger partial charge in [-0.2, -0.15) is 0 Å². The predicted octanol–water partition coefficient (Wildman–Crippen LogP) is 3.80. The Labute approximate surface area is 117 Å². The predicted molar refractivity (Wildman–Crippen MR) is 81.7 cm³/mol. The monoisotopic (exact) mass is 261 g/mol. The number of benzene rings is 1. The highest BCUT2D eigenvalue weighted by molar-refractivity contribution is 5.97. The molecular formula is C17H27NO. The smallest absolute Gasteiger partial charge is 0.176 e. The zero-order valence-electron chi connectivity index (χ0n) is 12.9. The molecule has 0 saturated carbocycles. The minimum atomic E-state index is 0.209. The fraction of sp³-hybridized carbons (Fsp3) is 0.588. The van der Waals surface area contributed by atoms with Gasteiger partial charge in [0.1, 0.15) is 0 Å². The van der Waals surface area contributed by atoms with Gasteiger partial charge in [0, 0.05) is 11.6 Å². The molecule has 0 fully saturated rings. The molecule has 19 heavy (non-hydrogen) atoms. The number of nitrogens with zero attached hydrogens (tertiary/aromatic N) is 1. The lowest BCUT2D eigenvalue weighted by Gasteiger charge is -2.25. The number of hydrogen-bond donors (Lipinski definition) is 0. The van der Waals surface area contributed by atoms with Crippen LogP contribution in [0, 0.1) is 5.92 Å².